The molecule has 0 aromatic heterocycles. The molecule has 4 heteroatoms. The molecule has 2 N–H and O–H groups in total. The van der Waals surface area contributed by atoms with E-state index in [0.29, 0.717) is 0 Å². The van der Waals surface area contributed by atoms with Crippen LogP contribution in [-0.2, 0) is 4.79 Å². The third-order valence-electron chi connectivity index (χ3n) is 5.37. The summed E-state index contributed by atoms with van der Waals surface area (Å²) in [6, 6.07) is 24.4. The summed E-state index contributed by atoms with van der Waals surface area (Å²) in [5, 5.41) is 6.81. The van der Waals surface area contributed by atoms with Crippen LogP contribution in [0.2, 0.25) is 0 Å². The van der Waals surface area contributed by atoms with Gasteiger partial charge in [0.15, 0.2) is 0 Å². The van der Waals surface area contributed by atoms with Gasteiger partial charge in [-0.05, 0) is 60.4 Å². The molecule has 3 aromatic rings. The Hall–Kier alpha value is -2.56. The van der Waals surface area contributed by atoms with Crippen molar-refractivity contribution in [1.29, 1.82) is 0 Å². The molecule has 0 unspecified atom stereocenters. The molecule has 3 nitrogen and oxygen atoms in total. The summed E-state index contributed by atoms with van der Waals surface area (Å²) in [7, 11) is 0. The summed E-state index contributed by atoms with van der Waals surface area (Å²) in [5.41, 5.74) is 5.33. The van der Waals surface area contributed by atoms with Crippen LogP contribution >= 0.6 is 11.8 Å². The lowest BCUT2D eigenvalue weighted by molar-refractivity contribution is -0.118. The molecule has 1 heterocycles. The zero-order valence-corrected chi connectivity index (χ0v) is 17.6. The SMILES string of the molecule is Cc1ccc(C)c(NC(=O)[C@@H](N[C@@H]2CCSc3ccccc32)c2ccccc2)c1. The largest absolute Gasteiger partial charge is 0.324 e. The summed E-state index contributed by atoms with van der Waals surface area (Å²) in [4.78, 5) is 14.7. The Morgan fingerprint density at radius 3 is 2.59 bits per heavy atom. The van der Waals surface area contributed by atoms with Crippen molar-refractivity contribution in [3.63, 3.8) is 0 Å². The first-order valence-corrected chi connectivity index (χ1v) is 11.0. The highest BCUT2D eigenvalue weighted by molar-refractivity contribution is 7.99. The van der Waals surface area contributed by atoms with E-state index in [1.807, 2.05) is 68.1 Å². The van der Waals surface area contributed by atoms with Crippen LogP contribution < -0.4 is 10.6 Å². The zero-order valence-electron chi connectivity index (χ0n) is 16.8. The number of hydrogen-bond donors (Lipinski definition) is 2. The highest BCUT2D eigenvalue weighted by Gasteiger charge is 2.28. The number of fused-ring (bicyclic) bond motifs is 1. The van der Waals surface area contributed by atoms with Gasteiger partial charge in [0.2, 0.25) is 5.91 Å². The van der Waals surface area contributed by atoms with Crippen LogP contribution in [0.4, 0.5) is 5.69 Å². The average molecular weight is 403 g/mol. The van der Waals surface area contributed by atoms with Crippen LogP contribution in [0, 0.1) is 13.8 Å². The maximum absolute atomic E-state index is 13.4. The minimum Gasteiger partial charge on any atom is -0.324 e. The minimum atomic E-state index is -0.419. The van der Waals surface area contributed by atoms with Gasteiger partial charge in [-0.25, -0.2) is 0 Å². The van der Waals surface area contributed by atoms with E-state index in [0.717, 1.165) is 34.6 Å². The second-order valence-electron chi connectivity index (χ2n) is 7.55. The van der Waals surface area contributed by atoms with Crippen LogP contribution in [0.3, 0.4) is 0 Å². The molecule has 0 saturated carbocycles. The fraction of sp³-hybridized carbons (Fsp3) is 0.240. The van der Waals surface area contributed by atoms with Crippen LogP contribution in [0.1, 0.15) is 40.8 Å². The molecule has 0 bridgehead atoms. The lowest BCUT2D eigenvalue weighted by Crippen LogP contribution is -2.36. The first-order chi connectivity index (χ1) is 14.1. The average Bonchev–Trinajstić information content (AvgIpc) is 2.75. The van der Waals surface area contributed by atoms with Crippen molar-refractivity contribution in [2.24, 2.45) is 0 Å². The molecule has 0 spiro atoms. The van der Waals surface area contributed by atoms with E-state index < -0.39 is 6.04 Å². The molecule has 0 radical (unpaired) electrons. The Balaban J connectivity index is 1.63. The van der Waals surface area contributed by atoms with Gasteiger partial charge < -0.3 is 5.32 Å². The van der Waals surface area contributed by atoms with Gasteiger partial charge in [-0.2, -0.15) is 0 Å². The monoisotopic (exact) mass is 402 g/mol. The lowest BCUT2D eigenvalue weighted by atomic mass is 9.99. The number of carbonyl (C=O) groups is 1. The Labute approximate surface area is 176 Å². The van der Waals surface area contributed by atoms with Gasteiger partial charge in [0, 0.05) is 16.6 Å². The summed E-state index contributed by atoms with van der Waals surface area (Å²) >= 11 is 1.89. The van der Waals surface area contributed by atoms with E-state index in [1.165, 1.54) is 10.5 Å². The molecule has 29 heavy (non-hydrogen) atoms. The number of hydrogen-bond acceptors (Lipinski definition) is 3. The number of thioether (sulfide) groups is 1. The predicted molar refractivity (Wildman–Crippen MR) is 121 cm³/mol. The first-order valence-electron chi connectivity index (χ1n) is 10.0. The van der Waals surface area contributed by atoms with Crippen molar-refractivity contribution in [2.45, 2.75) is 37.2 Å². The van der Waals surface area contributed by atoms with Gasteiger partial charge in [0.05, 0.1) is 0 Å². The number of benzene rings is 3. The summed E-state index contributed by atoms with van der Waals surface area (Å²) in [6.45, 7) is 4.06. The molecule has 1 amide bonds. The molecule has 1 aliphatic rings. The minimum absolute atomic E-state index is 0.0272. The predicted octanol–water partition coefficient (Wildman–Crippen LogP) is 5.81. The third kappa shape index (κ3) is 4.55. The van der Waals surface area contributed by atoms with Gasteiger partial charge in [-0.1, -0.05) is 60.7 Å². The van der Waals surface area contributed by atoms with Crippen molar-refractivity contribution in [1.82, 2.24) is 5.32 Å². The Bertz CT molecular complexity index is 1000. The lowest BCUT2D eigenvalue weighted by Gasteiger charge is -2.30. The zero-order chi connectivity index (χ0) is 20.2. The van der Waals surface area contributed by atoms with E-state index in [-0.39, 0.29) is 11.9 Å². The van der Waals surface area contributed by atoms with Gasteiger partial charge in [0.25, 0.3) is 0 Å². The maximum atomic E-state index is 13.4. The molecule has 1 aliphatic heterocycles. The first kappa shape index (κ1) is 19.7. The van der Waals surface area contributed by atoms with Gasteiger partial charge in [0.1, 0.15) is 6.04 Å². The summed E-state index contributed by atoms with van der Waals surface area (Å²) in [5.74, 6) is 1.02. The van der Waals surface area contributed by atoms with E-state index in [9.17, 15) is 4.79 Å². The second-order valence-corrected chi connectivity index (χ2v) is 8.68. The van der Waals surface area contributed by atoms with E-state index in [1.54, 1.807) is 0 Å². The number of aryl methyl sites for hydroxylation is 2. The second kappa shape index (κ2) is 8.85. The highest BCUT2D eigenvalue weighted by atomic mass is 32.2. The number of nitrogens with one attached hydrogen (secondary N) is 2. The van der Waals surface area contributed by atoms with E-state index in [4.69, 9.17) is 0 Å². The fourth-order valence-corrected chi connectivity index (χ4v) is 4.89. The van der Waals surface area contributed by atoms with Crippen LogP contribution in [0.25, 0.3) is 0 Å². The molecular formula is C25H26N2OS. The summed E-state index contributed by atoms with van der Waals surface area (Å²) in [6.07, 6.45) is 1.00. The van der Waals surface area contributed by atoms with E-state index in [2.05, 4.69) is 41.0 Å². The number of rotatable bonds is 5. The Morgan fingerprint density at radius 2 is 1.76 bits per heavy atom. The quantitative estimate of drug-likeness (QED) is 0.566. The standard InChI is InChI=1S/C25H26N2OS/c1-17-12-13-18(2)22(16-17)27-25(28)24(19-8-4-3-5-9-19)26-21-14-15-29-23-11-7-6-10-20(21)23/h3-13,16,21,24,26H,14-15H2,1-2H3,(H,27,28)/t21-,24+/m1/s1. The Morgan fingerprint density at radius 1 is 1.00 bits per heavy atom. The van der Waals surface area contributed by atoms with Gasteiger partial charge in [-0.3, -0.25) is 10.1 Å². The van der Waals surface area contributed by atoms with Crippen LogP contribution in [0.15, 0.2) is 77.7 Å². The van der Waals surface area contributed by atoms with Crippen molar-refractivity contribution >= 4 is 23.4 Å². The maximum Gasteiger partial charge on any atom is 0.246 e. The van der Waals surface area contributed by atoms with Gasteiger partial charge in [-0.15, -0.1) is 11.8 Å². The molecule has 0 fully saturated rings. The molecule has 3 aromatic carbocycles. The van der Waals surface area contributed by atoms with Crippen molar-refractivity contribution in [3.8, 4) is 0 Å². The third-order valence-corrected chi connectivity index (χ3v) is 6.50. The Kier molecular flexibility index (Phi) is 6.02. The normalized spacial score (nSPS) is 16.7. The smallest absolute Gasteiger partial charge is 0.246 e. The number of carbonyl (C=O) groups excluding carboxylic acids is 1. The van der Waals surface area contributed by atoms with Crippen molar-refractivity contribution in [3.05, 3.63) is 95.1 Å². The molecule has 0 saturated heterocycles. The van der Waals surface area contributed by atoms with E-state index >= 15 is 0 Å². The number of amides is 1. The highest BCUT2D eigenvalue weighted by Crippen LogP contribution is 2.37. The van der Waals surface area contributed by atoms with Gasteiger partial charge >= 0.3 is 0 Å². The number of anilines is 1. The van der Waals surface area contributed by atoms with Crippen molar-refractivity contribution in [2.75, 3.05) is 11.1 Å². The van der Waals surface area contributed by atoms with Crippen LogP contribution in [0.5, 0.6) is 0 Å². The molecule has 4 rings (SSSR count). The molecule has 148 valence electrons. The topological polar surface area (TPSA) is 41.1 Å². The fourth-order valence-electron chi connectivity index (χ4n) is 3.76. The molecular weight excluding hydrogens is 376 g/mol. The van der Waals surface area contributed by atoms with Crippen LogP contribution in [-0.4, -0.2) is 11.7 Å². The summed E-state index contributed by atoms with van der Waals surface area (Å²) < 4.78 is 0. The molecule has 2 atom stereocenters. The molecule has 0 aliphatic carbocycles. The van der Waals surface area contributed by atoms with Crippen molar-refractivity contribution < 1.29 is 4.79 Å².